The quantitative estimate of drug-likeness (QED) is 0.514. The lowest BCUT2D eigenvalue weighted by Gasteiger charge is -2.12. The van der Waals surface area contributed by atoms with Crippen LogP contribution >= 0.6 is 0 Å². The Kier molecular flexibility index (Phi) is 1.10. The molecule has 2 saturated carbocycles. The average molecular weight is 158 g/mol. The van der Waals surface area contributed by atoms with Crippen LogP contribution in [0.4, 0.5) is 8.78 Å². The highest BCUT2D eigenvalue weighted by Gasteiger charge is 2.73. The zero-order valence-electron chi connectivity index (χ0n) is 6.66. The number of allylic oxidation sites excluding steroid dienone is 1. The molecule has 2 aliphatic carbocycles. The molecule has 0 aromatic heterocycles. The van der Waals surface area contributed by atoms with Crippen molar-refractivity contribution in [3.05, 3.63) is 12.2 Å². The second-order valence-corrected chi connectivity index (χ2v) is 4.07. The molecule has 0 amide bonds. The summed E-state index contributed by atoms with van der Waals surface area (Å²) in [6, 6.07) is 0. The SMILES string of the molecule is C=C1CC[C@]2(C(F)F)CC12C. The summed E-state index contributed by atoms with van der Waals surface area (Å²) >= 11 is 0. The van der Waals surface area contributed by atoms with E-state index >= 15 is 0 Å². The summed E-state index contributed by atoms with van der Waals surface area (Å²) in [6.45, 7) is 5.77. The minimum atomic E-state index is -2.15. The fraction of sp³-hybridized carbons (Fsp3) is 0.778. The van der Waals surface area contributed by atoms with Gasteiger partial charge >= 0.3 is 0 Å². The summed E-state index contributed by atoms with van der Waals surface area (Å²) in [7, 11) is 0. The van der Waals surface area contributed by atoms with Crippen LogP contribution in [0.25, 0.3) is 0 Å². The summed E-state index contributed by atoms with van der Waals surface area (Å²) < 4.78 is 25.1. The number of rotatable bonds is 1. The molecule has 0 aromatic rings. The summed E-state index contributed by atoms with van der Waals surface area (Å²) in [5.74, 6) is 0. The third-order valence-corrected chi connectivity index (χ3v) is 3.71. The number of fused-ring (bicyclic) bond motifs is 1. The van der Waals surface area contributed by atoms with Crippen molar-refractivity contribution in [2.24, 2.45) is 10.8 Å². The first-order chi connectivity index (χ1) is 5.03. The predicted molar refractivity (Wildman–Crippen MR) is 39.5 cm³/mol. The fourth-order valence-electron chi connectivity index (χ4n) is 2.50. The number of halogens is 2. The summed E-state index contributed by atoms with van der Waals surface area (Å²) in [5, 5.41) is 0. The highest BCUT2D eigenvalue weighted by atomic mass is 19.3. The van der Waals surface area contributed by atoms with E-state index in [-0.39, 0.29) is 5.41 Å². The van der Waals surface area contributed by atoms with E-state index in [2.05, 4.69) is 6.58 Å². The molecule has 0 bridgehead atoms. The molecule has 11 heavy (non-hydrogen) atoms. The van der Waals surface area contributed by atoms with E-state index in [9.17, 15) is 8.78 Å². The topological polar surface area (TPSA) is 0 Å². The van der Waals surface area contributed by atoms with Crippen molar-refractivity contribution < 1.29 is 8.78 Å². The van der Waals surface area contributed by atoms with E-state index in [1.165, 1.54) is 0 Å². The number of alkyl halides is 2. The molecule has 1 unspecified atom stereocenters. The third-order valence-electron chi connectivity index (χ3n) is 3.71. The van der Waals surface area contributed by atoms with Gasteiger partial charge in [0, 0.05) is 5.41 Å². The first-order valence-corrected chi connectivity index (χ1v) is 3.99. The van der Waals surface area contributed by atoms with Gasteiger partial charge in [0.15, 0.2) is 0 Å². The molecule has 0 spiro atoms. The molecule has 2 rings (SSSR count). The van der Waals surface area contributed by atoms with Crippen molar-refractivity contribution in [2.75, 3.05) is 0 Å². The van der Waals surface area contributed by atoms with E-state index in [1.807, 2.05) is 6.92 Å². The van der Waals surface area contributed by atoms with Gasteiger partial charge in [-0.2, -0.15) is 0 Å². The van der Waals surface area contributed by atoms with Gasteiger partial charge in [0.25, 0.3) is 0 Å². The molecule has 0 aliphatic heterocycles. The van der Waals surface area contributed by atoms with Gasteiger partial charge in [-0.25, -0.2) is 8.78 Å². The Morgan fingerprint density at radius 2 is 2.18 bits per heavy atom. The van der Waals surface area contributed by atoms with Crippen molar-refractivity contribution in [2.45, 2.75) is 32.6 Å². The van der Waals surface area contributed by atoms with Crippen LogP contribution in [0.5, 0.6) is 0 Å². The smallest absolute Gasteiger partial charge is 0.210 e. The van der Waals surface area contributed by atoms with Crippen LogP contribution in [0, 0.1) is 10.8 Å². The van der Waals surface area contributed by atoms with Gasteiger partial charge in [0.2, 0.25) is 6.43 Å². The average Bonchev–Trinajstić information content (AvgIpc) is 2.47. The van der Waals surface area contributed by atoms with E-state index in [1.54, 1.807) is 0 Å². The Balaban J connectivity index is 2.30. The molecule has 2 atom stereocenters. The third kappa shape index (κ3) is 0.592. The lowest BCUT2D eigenvalue weighted by molar-refractivity contribution is 0.0483. The minimum Gasteiger partial charge on any atom is -0.210 e. The summed E-state index contributed by atoms with van der Waals surface area (Å²) in [6.07, 6.45) is -0.0242. The van der Waals surface area contributed by atoms with Crippen LogP contribution in [0.2, 0.25) is 0 Å². The summed E-state index contributed by atoms with van der Waals surface area (Å²) in [5.41, 5.74) is 0.170. The van der Waals surface area contributed by atoms with Gasteiger partial charge in [-0.05, 0) is 24.7 Å². The lowest BCUT2D eigenvalue weighted by atomic mass is 9.97. The molecule has 0 saturated heterocycles. The van der Waals surface area contributed by atoms with Crippen molar-refractivity contribution in [3.8, 4) is 0 Å². The van der Waals surface area contributed by atoms with Gasteiger partial charge in [0.05, 0.1) is 0 Å². The minimum absolute atomic E-state index is 0.207. The van der Waals surface area contributed by atoms with Gasteiger partial charge in [-0.3, -0.25) is 0 Å². The molecule has 0 N–H and O–H groups in total. The Bertz CT molecular complexity index is 218. The van der Waals surface area contributed by atoms with Crippen LogP contribution in [0.3, 0.4) is 0 Å². The van der Waals surface area contributed by atoms with Gasteiger partial charge < -0.3 is 0 Å². The second kappa shape index (κ2) is 1.67. The van der Waals surface area contributed by atoms with E-state index in [0.29, 0.717) is 12.8 Å². The van der Waals surface area contributed by atoms with E-state index in [0.717, 1.165) is 12.0 Å². The molecule has 2 fully saturated rings. The van der Waals surface area contributed by atoms with E-state index in [4.69, 9.17) is 0 Å². The van der Waals surface area contributed by atoms with Gasteiger partial charge in [0.1, 0.15) is 0 Å². The van der Waals surface area contributed by atoms with Crippen LogP contribution in [0.1, 0.15) is 26.2 Å². The highest BCUT2D eigenvalue weighted by Crippen LogP contribution is 2.77. The lowest BCUT2D eigenvalue weighted by Crippen LogP contribution is -2.14. The van der Waals surface area contributed by atoms with E-state index < -0.39 is 11.8 Å². The molecule has 0 nitrogen and oxygen atoms in total. The van der Waals surface area contributed by atoms with Crippen LogP contribution in [-0.4, -0.2) is 6.43 Å². The maximum atomic E-state index is 12.5. The largest absolute Gasteiger partial charge is 0.245 e. The molecule has 2 aliphatic rings. The standard InChI is InChI=1S/C9H12F2/c1-6-3-4-9(7(10)11)5-8(6,9)2/h7H,1,3-5H2,2H3/t8?,9-/m1/s1. The van der Waals surface area contributed by atoms with Crippen LogP contribution in [0.15, 0.2) is 12.2 Å². The predicted octanol–water partition coefficient (Wildman–Crippen LogP) is 3.00. The molecule has 0 aromatic carbocycles. The number of hydrogen-bond donors (Lipinski definition) is 0. The van der Waals surface area contributed by atoms with Crippen molar-refractivity contribution in [1.82, 2.24) is 0 Å². The molecule has 2 heteroatoms. The second-order valence-electron chi connectivity index (χ2n) is 4.07. The monoisotopic (exact) mass is 158 g/mol. The first kappa shape index (κ1) is 7.26. The highest BCUT2D eigenvalue weighted by molar-refractivity contribution is 5.34. The Morgan fingerprint density at radius 1 is 1.55 bits per heavy atom. The Labute approximate surface area is 65.3 Å². The zero-order valence-corrected chi connectivity index (χ0v) is 6.66. The molecular weight excluding hydrogens is 146 g/mol. The Hall–Kier alpha value is -0.400. The van der Waals surface area contributed by atoms with Gasteiger partial charge in [-0.15, -0.1) is 0 Å². The van der Waals surface area contributed by atoms with Crippen molar-refractivity contribution in [3.63, 3.8) is 0 Å². The number of hydrogen-bond acceptors (Lipinski definition) is 0. The normalized spacial score (nSPS) is 48.2. The van der Waals surface area contributed by atoms with Crippen molar-refractivity contribution >= 4 is 0 Å². The first-order valence-electron chi connectivity index (χ1n) is 3.99. The fourth-order valence-corrected chi connectivity index (χ4v) is 2.50. The molecule has 62 valence electrons. The maximum absolute atomic E-state index is 12.5. The maximum Gasteiger partial charge on any atom is 0.245 e. The van der Waals surface area contributed by atoms with Crippen molar-refractivity contribution in [1.29, 1.82) is 0 Å². The Morgan fingerprint density at radius 3 is 2.36 bits per heavy atom. The molecule has 0 radical (unpaired) electrons. The van der Waals surface area contributed by atoms with Crippen LogP contribution < -0.4 is 0 Å². The summed E-state index contributed by atoms with van der Waals surface area (Å²) in [4.78, 5) is 0. The zero-order chi connectivity index (χ0) is 8.28. The molecular formula is C9H12F2. The molecule has 0 heterocycles. The van der Waals surface area contributed by atoms with Crippen LogP contribution in [-0.2, 0) is 0 Å². The van der Waals surface area contributed by atoms with Gasteiger partial charge in [-0.1, -0.05) is 19.1 Å².